The molecule has 0 spiro atoms. The fraction of sp³-hybridized carbons (Fsp3) is 0.215. The molecule has 0 aliphatic rings. The molecule has 22 heteroatoms. The second kappa shape index (κ2) is 33.2. The number of hydrogen-bond donors (Lipinski definition) is 0. The fourth-order valence-electron chi connectivity index (χ4n) is 11.1. The molecule has 0 saturated heterocycles. The van der Waals surface area contributed by atoms with Crippen LogP contribution in [0, 0.1) is 87.4 Å². The maximum atomic E-state index is 15.1. The van der Waals surface area contributed by atoms with Gasteiger partial charge in [-0.3, -0.25) is 0 Å². The first-order valence-electron chi connectivity index (χ1n) is 31.4. The monoisotopic (exact) mass is 1410 g/mol. The number of benzene rings is 12. The lowest BCUT2D eigenvalue weighted by atomic mass is 9.97. The van der Waals surface area contributed by atoms with Gasteiger partial charge in [-0.25, -0.2) is 43.9 Å². The van der Waals surface area contributed by atoms with E-state index >= 15 is 8.78 Å². The summed E-state index contributed by atoms with van der Waals surface area (Å²) in [6, 6.07) is 33.8. The van der Waals surface area contributed by atoms with Gasteiger partial charge in [0.2, 0.25) is 23.3 Å². The Morgan fingerprint density at radius 3 is 1.00 bits per heavy atom. The molecular formula is C79H66F14O8. The number of methoxy groups -OCH3 is 5. The lowest BCUT2D eigenvalue weighted by Gasteiger charge is -2.13. The van der Waals surface area contributed by atoms with Crippen molar-refractivity contribution in [3.63, 3.8) is 0 Å². The SMILES string of the molecule is C/C=C/Oc1ccc(-c2ccc3cc(CCOC)c(F)c(F)c3c2F)cc1.CCCOc1cc2ccc3cc(OC)c(F)c(F)c3c2c(F)c1F.COCCc1cc2ccc(-c3ccc(OCC(C)C)cc3)c(F)c2c(F)c1F.COc1cc2ccc3cc(OC)c(F)c(F)c3c2c(F)c1F. The number of allylic oxidation sites excluding steroid dienone is 1. The number of rotatable bonds is 19. The van der Waals surface area contributed by atoms with E-state index in [1.807, 2.05) is 27.7 Å². The third kappa shape index (κ3) is 15.8. The summed E-state index contributed by atoms with van der Waals surface area (Å²) in [5.41, 5.74) is 1.86. The van der Waals surface area contributed by atoms with Gasteiger partial charge in [-0.05, 0) is 147 Å². The summed E-state index contributed by atoms with van der Waals surface area (Å²) in [6.45, 7) is 9.06. The molecule has 0 heterocycles. The molecule has 12 aromatic rings. The van der Waals surface area contributed by atoms with Crippen LogP contribution in [0.4, 0.5) is 61.5 Å². The van der Waals surface area contributed by atoms with E-state index in [1.165, 1.54) is 102 Å². The molecular weight excluding hydrogens is 1340 g/mol. The highest BCUT2D eigenvalue weighted by Crippen LogP contribution is 2.42. The van der Waals surface area contributed by atoms with Crippen molar-refractivity contribution in [3.05, 3.63) is 238 Å². The topological polar surface area (TPSA) is 73.8 Å². The van der Waals surface area contributed by atoms with E-state index in [9.17, 15) is 52.7 Å². The zero-order chi connectivity index (χ0) is 73.1. The average molecular weight is 1410 g/mol. The Labute approximate surface area is 571 Å². The molecule has 0 bridgehead atoms. The maximum absolute atomic E-state index is 15.1. The lowest BCUT2D eigenvalue weighted by molar-refractivity contribution is 0.201. The molecule has 0 atom stereocenters. The van der Waals surface area contributed by atoms with Crippen molar-refractivity contribution >= 4 is 64.6 Å². The normalized spacial score (nSPS) is 11.3. The molecule has 0 fully saturated rings. The summed E-state index contributed by atoms with van der Waals surface area (Å²) in [6.07, 6.45) is 4.33. The fourth-order valence-corrected chi connectivity index (χ4v) is 11.1. The van der Waals surface area contributed by atoms with Gasteiger partial charge in [0.05, 0.1) is 64.8 Å². The van der Waals surface area contributed by atoms with Crippen molar-refractivity contribution in [2.24, 2.45) is 5.92 Å². The van der Waals surface area contributed by atoms with Gasteiger partial charge in [0.25, 0.3) is 0 Å². The Bertz CT molecular complexity index is 4970. The maximum Gasteiger partial charge on any atom is 0.201 e. The van der Waals surface area contributed by atoms with Crippen molar-refractivity contribution in [2.45, 2.75) is 47.0 Å². The largest absolute Gasteiger partial charge is 0.494 e. The standard InChI is InChI=1S/C23H23F3O2.C22H19F3O2.C18H14F4O2.C16H10F4O2/c1-14(2)13-28-18-7-4-15(5-8-18)19-9-6-16-12-17(10-11-27-3)21(24)23(26)20(16)22(19)25;1-3-11-27-17-7-4-14(5-8-17)18-9-6-15-13-16(10-12-26-2)20(23)22(25)19(15)21(18)24;1-3-6-24-12-8-10-5-4-9-7-11(23-2)15(19)17(21)13(9)14(10)18(22)16(12)20;1-21-9-5-7-3-4-8-6-10(22-2)14(18)16(20)12(8)11(7)15(19)13(9)17/h4-9,12,14H,10-11,13H2,1-3H3;3-9,11,13H,10,12H2,1-2H3;4-5,7-8H,3,6H2,1-2H3;3-6H,1-2H3/b;11-3+;;. The third-order valence-electron chi connectivity index (χ3n) is 16.1. The molecule has 0 aliphatic heterocycles. The van der Waals surface area contributed by atoms with Crippen LogP contribution >= 0.6 is 0 Å². The van der Waals surface area contributed by atoms with E-state index in [4.69, 9.17) is 37.9 Å². The third-order valence-corrected chi connectivity index (χ3v) is 16.1. The van der Waals surface area contributed by atoms with Crippen LogP contribution in [0.5, 0.6) is 34.5 Å². The summed E-state index contributed by atoms with van der Waals surface area (Å²) < 4.78 is 242. The zero-order valence-electron chi connectivity index (χ0n) is 55.9. The quantitative estimate of drug-likeness (QED) is 0.0450. The van der Waals surface area contributed by atoms with Crippen LogP contribution in [-0.2, 0) is 22.3 Å². The first-order valence-corrected chi connectivity index (χ1v) is 31.4. The Balaban J connectivity index is 0.000000157. The molecule has 0 N–H and O–H groups in total. The molecule has 0 saturated carbocycles. The molecule has 0 aromatic heterocycles. The summed E-state index contributed by atoms with van der Waals surface area (Å²) >= 11 is 0. The Morgan fingerprint density at radius 1 is 0.337 bits per heavy atom. The Morgan fingerprint density at radius 2 is 0.663 bits per heavy atom. The van der Waals surface area contributed by atoms with Gasteiger partial charge >= 0.3 is 0 Å². The zero-order valence-corrected chi connectivity index (χ0v) is 55.9. The van der Waals surface area contributed by atoms with Gasteiger partial charge in [0.1, 0.15) is 23.1 Å². The molecule has 101 heavy (non-hydrogen) atoms. The molecule has 0 aliphatic carbocycles. The molecule has 12 aromatic carbocycles. The van der Waals surface area contributed by atoms with Gasteiger partial charge in [0.15, 0.2) is 69.5 Å². The molecule has 0 unspecified atom stereocenters. The molecule has 12 rings (SSSR count). The highest BCUT2D eigenvalue weighted by molar-refractivity contribution is 6.10. The van der Waals surface area contributed by atoms with Crippen LogP contribution in [0.3, 0.4) is 0 Å². The van der Waals surface area contributed by atoms with E-state index in [-0.39, 0.29) is 132 Å². The van der Waals surface area contributed by atoms with E-state index in [0.29, 0.717) is 52.3 Å². The summed E-state index contributed by atoms with van der Waals surface area (Å²) in [7, 11) is 6.55. The summed E-state index contributed by atoms with van der Waals surface area (Å²) in [4.78, 5) is 0. The predicted octanol–water partition coefficient (Wildman–Crippen LogP) is 22.1. The van der Waals surface area contributed by atoms with Crippen LogP contribution in [0.2, 0.25) is 0 Å². The number of ether oxygens (including phenoxy) is 8. The van der Waals surface area contributed by atoms with E-state index in [1.54, 1.807) is 78.9 Å². The van der Waals surface area contributed by atoms with Crippen LogP contribution in [0.25, 0.3) is 86.9 Å². The van der Waals surface area contributed by atoms with Gasteiger partial charge in [0, 0.05) is 46.9 Å². The van der Waals surface area contributed by atoms with E-state index in [0.717, 1.165) is 0 Å². The average Bonchev–Trinajstić information content (AvgIpc) is 0.775. The number of fused-ring (bicyclic) bond motifs is 8. The van der Waals surface area contributed by atoms with Crippen molar-refractivity contribution in [1.82, 2.24) is 0 Å². The van der Waals surface area contributed by atoms with Crippen molar-refractivity contribution in [1.29, 1.82) is 0 Å². The smallest absolute Gasteiger partial charge is 0.201 e. The highest BCUT2D eigenvalue weighted by atomic mass is 19.2. The second-order valence-electron chi connectivity index (χ2n) is 23.2. The predicted molar refractivity (Wildman–Crippen MR) is 363 cm³/mol. The minimum absolute atomic E-state index is 0.166. The van der Waals surface area contributed by atoms with Crippen LogP contribution in [-0.4, -0.2) is 62.0 Å². The summed E-state index contributed by atoms with van der Waals surface area (Å²) in [5, 5.41) is -0.552. The van der Waals surface area contributed by atoms with Gasteiger partial charge in [-0.1, -0.05) is 99.6 Å². The Kier molecular flexibility index (Phi) is 24.6. The van der Waals surface area contributed by atoms with E-state index in [2.05, 4.69) is 0 Å². The Hall–Kier alpha value is -10.3. The first kappa shape index (κ1) is 74.9. The number of hydrogen-bond acceptors (Lipinski definition) is 8. The van der Waals surface area contributed by atoms with Crippen molar-refractivity contribution in [2.75, 3.05) is 62.0 Å². The highest BCUT2D eigenvalue weighted by Gasteiger charge is 2.26. The van der Waals surface area contributed by atoms with Crippen LogP contribution in [0.1, 0.15) is 45.2 Å². The lowest BCUT2D eigenvalue weighted by Crippen LogP contribution is -2.04. The van der Waals surface area contributed by atoms with Crippen molar-refractivity contribution in [3.8, 4) is 56.8 Å². The summed E-state index contributed by atoms with van der Waals surface area (Å²) in [5.74, 6) is -15.6. The van der Waals surface area contributed by atoms with Gasteiger partial charge in [-0.15, -0.1) is 0 Å². The molecule has 8 nitrogen and oxygen atoms in total. The minimum atomic E-state index is -1.29. The first-order chi connectivity index (χ1) is 48.5. The van der Waals surface area contributed by atoms with Crippen LogP contribution in [0.15, 0.2) is 146 Å². The van der Waals surface area contributed by atoms with Crippen molar-refractivity contribution < 1.29 is 99.4 Å². The molecule has 0 radical (unpaired) electrons. The molecule has 528 valence electrons. The van der Waals surface area contributed by atoms with Gasteiger partial charge in [-0.2, -0.15) is 17.6 Å². The number of halogens is 14. The van der Waals surface area contributed by atoms with Crippen LogP contribution < -0.4 is 28.4 Å². The minimum Gasteiger partial charge on any atom is -0.494 e. The second-order valence-corrected chi connectivity index (χ2v) is 23.2. The van der Waals surface area contributed by atoms with E-state index < -0.39 is 81.4 Å². The van der Waals surface area contributed by atoms with Gasteiger partial charge < -0.3 is 37.9 Å². The molecule has 0 amide bonds.